The van der Waals surface area contributed by atoms with E-state index < -0.39 is 0 Å². The third-order valence-corrected chi connectivity index (χ3v) is 8.17. The predicted octanol–water partition coefficient (Wildman–Crippen LogP) is 5.64. The highest BCUT2D eigenvalue weighted by atomic mass is 16.5. The van der Waals surface area contributed by atoms with Gasteiger partial charge >= 0.3 is 0 Å². The minimum atomic E-state index is -0.277. The second-order valence-electron chi connectivity index (χ2n) is 11.1. The molecule has 3 aromatic rings. The summed E-state index contributed by atoms with van der Waals surface area (Å²) in [6.45, 7) is 4.86. The zero-order valence-corrected chi connectivity index (χ0v) is 20.4. The van der Waals surface area contributed by atoms with E-state index in [-0.39, 0.29) is 11.2 Å². The van der Waals surface area contributed by atoms with Gasteiger partial charge in [-0.25, -0.2) is 0 Å². The summed E-state index contributed by atoms with van der Waals surface area (Å²) >= 11 is 0. The fraction of sp³-hybridized carbons (Fsp3) is 0.355. The Morgan fingerprint density at radius 2 is 1.66 bits per heavy atom. The first-order valence-corrected chi connectivity index (χ1v) is 12.9. The fourth-order valence-corrected chi connectivity index (χ4v) is 6.68. The van der Waals surface area contributed by atoms with Gasteiger partial charge < -0.3 is 9.64 Å². The number of hydrogen-bond acceptors (Lipinski definition) is 4. The SMILES string of the molecule is CC1(C)COc2cc3c(cc2=N1)N1C(c2ccccc2)=CC(c2ccccc2)C2CCCCC21N=3. The van der Waals surface area contributed by atoms with Gasteiger partial charge in [-0.2, -0.15) is 0 Å². The molecule has 3 unspecified atom stereocenters. The fourth-order valence-electron chi connectivity index (χ4n) is 6.68. The van der Waals surface area contributed by atoms with Crippen LogP contribution in [0.3, 0.4) is 0 Å². The van der Waals surface area contributed by atoms with Gasteiger partial charge in [0.2, 0.25) is 0 Å². The van der Waals surface area contributed by atoms with Gasteiger partial charge in [0.15, 0.2) is 0 Å². The average molecular weight is 462 g/mol. The number of benzene rings is 3. The second kappa shape index (κ2) is 7.55. The lowest BCUT2D eigenvalue weighted by molar-refractivity contribution is 0.176. The molecular weight excluding hydrogens is 430 g/mol. The van der Waals surface area contributed by atoms with Crippen LogP contribution in [0, 0.1) is 5.92 Å². The first kappa shape index (κ1) is 20.9. The topological polar surface area (TPSA) is 37.2 Å². The lowest BCUT2D eigenvalue weighted by Gasteiger charge is -2.53. The van der Waals surface area contributed by atoms with Crippen molar-refractivity contribution in [3.05, 3.63) is 101 Å². The molecule has 1 aliphatic carbocycles. The molecule has 4 nitrogen and oxygen atoms in total. The highest BCUT2D eigenvalue weighted by Crippen LogP contribution is 2.56. The summed E-state index contributed by atoms with van der Waals surface area (Å²) in [4.78, 5) is 13.2. The van der Waals surface area contributed by atoms with E-state index in [0.717, 1.165) is 22.9 Å². The lowest BCUT2D eigenvalue weighted by Crippen LogP contribution is -2.55. The molecule has 0 amide bonds. The number of hydrogen-bond donors (Lipinski definition) is 0. The number of anilines is 1. The van der Waals surface area contributed by atoms with Gasteiger partial charge in [0.25, 0.3) is 0 Å². The molecule has 35 heavy (non-hydrogen) atoms. The molecule has 0 radical (unpaired) electrons. The molecule has 3 aromatic carbocycles. The molecule has 4 heteroatoms. The van der Waals surface area contributed by atoms with E-state index in [0.29, 0.717) is 18.4 Å². The molecule has 1 spiro atoms. The van der Waals surface area contributed by atoms with Crippen LogP contribution in [0.25, 0.3) is 5.70 Å². The van der Waals surface area contributed by atoms with Gasteiger partial charge in [0, 0.05) is 23.6 Å². The summed E-state index contributed by atoms with van der Waals surface area (Å²) in [6.07, 6.45) is 7.21. The molecule has 176 valence electrons. The van der Waals surface area contributed by atoms with E-state index in [2.05, 4.69) is 97.6 Å². The quantitative estimate of drug-likeness (QED) is 0.495. The molecular formula is C31H31N3O. The zero-order valence-electron chi connectivity index (χ0n) is 20.4. The van der Waals surface area contributed by atoms with Crippen LogP contribution in [0.4, 0.5) is 5.69 Å². The van der Waals surface area contributed by atoms with Gasteiger partial charge in [-0.15, -0.1) is 0 Å². The van der Waals surface area contributed by atoms with Crippen molar-refractivity contribution in [1.82, 2.24) is 0 Å². The van der Waals surface area contributed by atoms with Crippen molar-refractivity contribution in [3.8, 4) is 5.75 Å². The van der Waals surface area contributed by atoms with Gasteiger partial charge in [0.1, 0.15) is 23.4 Å². The van der Waals surface area contributed by atoms with Crippen molar-refractivity contribution < 1.29 is 4.74 Å². The largest absolute Gasteiger partial charge is 0.489 e. The Morgan fingerprint density at radius 3 is 2.46 bits per heavy atom. The first-order valence-electron chi connectivity index (χ1n) is 12.9. The Bertz CT molecular complexity index is 1440. The monoisotopic (exact) mass is 461 g/mol. The van der Waals surface area contributed by atoms with Gasteiger partial charge in [-0.3, -0.25) is 9.98 Å². The summed E-state index contributed by atoms with van der Waals surface area (Å²) in [6, 6.07) is 26.2. The van der Waals surface area contributed by atoms with E-state index >= 15 is 0 Å². The molecule has 0 saturated heterocycles. The number of ether oxygens (including phenoxy) is 1. The molecule has 3 heterocycles. The highest BCUT2D eigenvalue weighted by molar-refractivity contribution is 5.84. The maximum Gasteiger partial charge on any atom is 0.146 e. The average Bonchev–Trinajstić information content (AvgIpc) is 3.19. The molecule has 3 aliphatic heterocycles. The molecule has 3 atom stereocenters. The van der Waals surface area contributed by atoms with Gasteiger partial charge in [-0.1, -0.05) is 73.2 Å². The van der Waals surface area contributed by atoms with Crippen LogP contribution < -0.4 is 20.4 Å². The minimum Gasteiger partial charge on any atom is -0.489 e. The maximum absolute atomic E-state index is 6.17. The molecule has 0 N–H and O–H groups in total. The maximum atomic E-state index is 6.17. The van der Waals surface area contributed by atoms with Crippen LogP contribution in [0.2, 0.25) is 0 Å². The Balaban J connectivity index is 1.50. The third-order valence-electron chi connectivity index (χ3n) is 8.17. The van der Waals surface area contributed by atoms with Gasteiger partial charge in [-0.05, 0) is 50.3 Å². The normalized spacial score (nSPS) is 27.7. The van der Waals surface area contributed by atoms with Crippen molar-refractivity contribution in [3.63, 3.8) is 0 Å². The Morgan fingerprint density at radius 1 is 0.886 bits per heavy atom. The Kier molecular flexibility index (Phi) is 4.51. The number of nitrogens with zero attached hydrogens (tertiary/aromatic N) is 3. The van der Waals surface area contributed by atoms with Crippen LogP contribution >= 0.6 is 0 Å². The lowest BCUT2D eigenvalue weighted by atomic mass is 9.66. The number of allylic oxidation sites excluding steroid dienone is 1. The van der Waals surface area contributed by atoms with Crippen molar-refractivity contribution >= 4 is 11.4 Å². The van der Waals surface area contributed by atoms with Crippen LogP contribution in [0.5, 0.6) is 5.75 Å². The second-order valence-corrected chi connectivity index (χ2v) is 11.1. The van der Waals surface area contributed by atoms with E-state index in [1.54, 1.807) is 0 Å². The predicted molar refractivity (Wildman–Crippen MR) is 139 cm³/mol. The molecule has 4 aliphatic rings. The van der Waals surface area contributed by atoms with Crippen LogP contribution in [0.15, 0.2) is 88.9 Å². The summed E-state index contributed by atoms with van der Waals surface area (Å²) in [5.41, 5.74) is 4.56. The highest BCUT2D eigenvalue weighted by Gasteiger charge is 2.55. The first-order chi connectivity index (χ1) is 17.0. The third kappa shape index (κ3) is 3.19. The van der Waals surface area contributed by atoms with E-state index in [1.165, 1.54) is 41.8 Å². The number of fused-ring (bicyclic) bond motifs is 3. The molecule has 0 bridgehead atoms. The number of rotatable bonds is 2. The smallest absolute Gasteiger partial charge is 0.146 e. The Hall–Kier alpha value is -3.40. The van der Waals surface area contributed by atoms with E-state index in [1.807, 2.05) is 0 Å². The van der Waals surface area contributed by atoms with Gasteiger partial charge in [0.05, 0.1) is 16.6 Å². The van der Waals surface area contributed by atoms with Crippen LogP contribution in [-0.2, 0) is 0 Å². The molecule has 7 rings (SSSR count). The zero-order chi connectivity index (χ0) is 23.6. The summed E-state index contributed by atoms with van der Waals surface area (Å²) < 4.78 is 6.17. The van der Waals surface area contributed by atoms with E-state index in [9.17, 15) is 0 Å². The van der Waals surface area contributed by atoms with Crippen LogP contribution in [-0.4, -0.2) is 17.8 Å². The molecule has 1 fully saturated rings. The molecule has 1 saturated carbocycles. The van der Waals surface area contributed by atoms with E-state index in [4.69, 9.17) is 14.7 Å². The standard InChI is InChI=1S/C31H31N3O/c1-30(2)20-35-29-19-25-28(18-26(29)32-30)34-27(22-13-7-4-8-14-22)17-23(21-11-5-3-6-12-21)24-15-9-10-16-31(24,34)33-25/h3-8,11-14,17-19,23-24H,9-10,15-16,20H2,1-2H3. The van der Waals surface area contributed by atoms with Crippen molar-refractivity contribution in [1.29, 1.82) is 0 Å². The van der Waals surface area contributed by atoms with Crippen molar-refractivity contribution in [2.24, 2.45) is 15.9 Å². The summed E-state index contributed by atoms with van der Waals surface area (Å²) in [5.74, 6) is 1.61. The summed E-state index contributed by atoms with van der Waals surface area (Å²) in [7, 11) is 0. The molecule has 0 aromatic heterocycles. The van der Waals surface area contributed by atoms with Crippen molar-refractivity contribution in [2.45, 2.75) is 56.7 Å². The van der Waals surface area contributed by atoms with Crippen molar-refractivity contribution in [2.75, 3.05) is 11.5 Å². The Labute approximate surface area is 206 Å². The van der Waals surface area contributed by atoms with Crippen LogP contribution in [0.1, 0.15) is 56.6 Å². The minimum absolute atomic E-state index is 0.222. The summed E-state index contributed by atoms with van der Waals surface area (Å²) in [5, 5.41) is 1.98.